The molecule has 0 saturated carbocycles. The summed E-state index contributed by atoms with van der Waals surface area (Å²) in [4.78, 5) is 21.6. The molecule has 0 aliphatic rings. The van der Waals surface area contributed by atoms with Crippen LogP contribution in [-0.4, -0.2) is 57.0 Å². The number of phenols is 2. The van der Waals surface area contributed by atoms with Gasteiger partial charge in [0.15, 0.2) is 5.75 Å². The minimum atomic E-state index is -5.16. The second kappa shape index (κ2) is 14.9. The van der Waals surface area contributed by atoms with Gasteiger partial charge in [0.25, 0.3) is 20.2 Å². The number of phenolic OH excluding ortho intramolecular Hbond substituents is 1. The molecule has 38 heavy (non-hydrogen) atoms. The van der Waals surface area contributed by atoms with Crippen molar-refractivity contribution in [3.8, 4) is 17.2 Å². The number of hydrogen-bond donors (Lipinski definition) is 5. The van der Waals surface area contributed by atoms with Crippen LogP contribution in [0.15, 0.2) is 55.1 Å². The molecule has 0 atom stereocenters. The van der Waals surface area contributed by atoms with E-state index in [2.05, 4.69) is 15.3 Å². The number of aromatic carboxylic acids is 1. The molecule has 1 radical (unpaired) electrons. The van der Waals surface area contributed by atoms with Crippen LogP contribution in [0.25, 0.3) is 5.69 Å². The normalized spacial score (nSPS) is 11.0. The van der Waals surface area contributed by atoms with Crippen LogP contribution in [0.1, 0.15) is 16.1 Å². The van der Waals surface area contributed by atoms with E-state index in [1.807, 2.05) is 0 Å². The molecule has 0 saturated heterocycles. The van der Waals surface area contributed by atoms with Gasteiger partial charge in [-0.25, -0.2) is 14.6 Å². The first-order valence-corrected chi connectivity index (χ1v) is 11.6. The fourth-order valence-corrected chi connectivity index (χ4v) is 3.94. The minimum Gasteiger partial charge on any atom is -0.507 e. The zero-order chi connectivity index (χ0) is 25.6. The van der Waals surface area contributed by atoms with Crippen molar-refractivity contribution >= 4 is 37.6 Å². The number of aromatic hydroxyl groups is 2. The largest absolute Gasteiger partial charge is 1.00 e. The van der Waals surface area contributed by atoms with E-state index in [9.17, 15) is 45.7 Å². The second-order valence-electron chi connectivity index (χ2n) is 6.60. The van der Waals surface area contributed by atoms with Gasteiger partial charge in [-0.15, -0.1) is 5.69 Å². The smallest absolute Gasteiger partial charge is 0.507 e. The maximum atomic E-state index is 12.7. The van der Waals surface area contributed by atoms with Crippen LogP contribution in [0.5, 0.6) is 11.5 Å². The average molecular weight is 646 g/mol. The van der Waals surface area contributed by atoms with Crippen molar-refractivity contribution in [1.82, 2.24) is 9.78 Å². The molecule has 2 aromatic carbocycles. The predicted octanol–water partition coefficient (Wildman–Crippen LogP) is -7.71. The van der Waals surface area contributed by atoms with E-state index < -0.39 is 70.0 Å². The third-order valence-electron chi connectivity index (χ3n) is 4.30. The number of benzene rings is 2. The van der Waals surface area contributed by atoms with Crippen molar-refractivity contribution in [2.75, 3.05) is 0 Å². The number of aryl methyl sites for hydroxylation is 1. The van der Waals surface area contributed by atoms with E-state index >= 15 is 0 Å². The van der Waals surface area contributed by atoms with E-state index in [-0.39, 0.29) is 123 Å². The summed E-state index contributed by atoms with van der Waals surface area (Å²) in [6, 6.07) is 3.99. The van der Waals surface area contributed by atoms with Crippen LogP contribution in [-0.2, 0) is 37.3 Å². The molecule has 3 aromatic rings. The van der Waals surface area contributed by atoms with Crippen LogP contribution < -0.4 is 94.2 Å². The summed E-state index contributed by atoms with van der Waals surface area (Å²) < 4.78 is 64.9. The summed E-state index contributed by atoms with van der Waals surface area (Å²) in [6.07, 6.45) is 0. The van der Waals surface area contributed by atoms with Crippen molar-refractivity contribution in [2.45, 2.75) is 16.7 Å². The predicted molar refractivity (Wildman–Crippen MR) is 111 cm³/mol. The van der Waals surface area contributed by atoms with Gasteiger partial charge in [-0.1, -0.05) is 12.6 Å². The number of hydrogen-bond acceptors (Lipinski definition) is 11. The second-order valence-corrected chi connectivity index (χ2v) is 9.41. The molecule has 0 spiro atoms. The van der Waals surface area contributed by atoms with Gasteiger partial charge in [0.1, 0.15) is 27.5 Å². The Morgan fingerprint density at radius 3 is 2.08 bits per heavy atom. The molecule has 0 unspecified atom stereocenters. The van der Waals surface area contributed by atoms with Crippen LogP contribution in [0, 0.1) is 6.92 Å². The number of carboxylic acids is 1. The van der Waals surface area contributed by atoms with Gasteiger partial charge in [0, 0.05) is 17.1 Å². The molecule has 1 aromatic heterocycles. The molecule has 191 valence electrons. The van der Waals surface area contributed by atoms with Gasteiger partial charge in [0.2, 0.25) is 0 Å². The van der Waals surface area contributed by atoms with Crippen LogP contribution >= 0.6 is 0 Å². The summed E-state index contributed by atoms with van der Waals surface area (Å²) in [5.41, 5.74) is -2.88. The number of aromatic nitrogens is 2. The number of azo groups is 1. The zero-order valence-electron chi connectivity index (χ0n) is 20.0. The molecular formula is C17H13CuN4Na3O11S2+2. The fraction of sp³-hybridized carbons (Fsp3) is 0.0588. The van der Waals surface area contributed by atoms with E-state index in [4.69, 9.17) is 5.11 Å². The number of nitrogens with zero attached hydrogens (tertiary/aromatic N) is 4. The molecule has 15 nitrogen and oxygen atoms in total. The summed E-state index contributed by atoms with van der Waals surface area (Å²) >= 11 is 0. The van der Waals surface area contributed by atoms with Gasteiger partial charge in [-0.05, 0) is 30.3 Å². The Labute approximate surface area is 291 Å². The molecule has 0 amide bonds. The van der Waals surface area contributed by atoms with Crippen molar-refractivity contribution in [1.29, 1.82) is 0 Å². The average Bonchev–Trinajstić information content (AvgIpc) is 2.99. The van der Waals surface area contributed by atoms with Crippen LogP contribution in [0.4, 0.5) is 11.4 Å². The molecule has 3 rings (SSSR count). The molecule has 0 bridgehead atoms. The Balaban J connectivity index is 0. The number of carboxylic acid groups (broad SMARTS) is 1. The molecule has 5 N–H and O–H groups in total. The minimum absolute atomic E-state index is 0. The van der Waals surface area contributed by atoms with Crippen molar-refractivity contribution < 1.29 is 152 Å². The Kier molecular flexibility index (Phi) is 15.5. The first-order chi connectivity index (χ1) is 15.6. The third-order valence-corrected chi connectivity index (χ3v) is 6.00. The molecule has 1 heterocycles. The molecule has 0 aliphatic heterocycles. The van der Waals surface area contributed by atoms with E-state index in [1.165, 1.54) is 13.0 Å². The number of rotatable bonds is 6. The van der Waals surface area contributed by atoms with Crippen LogP contribution in [0.3, 0.4) is 0 Å². The first kappa shape index (κ1) is 39.6. The molecule has 21 heteroatoms. The van der Waals surface area contributed by atoms with Gasteiger partial charge < -0.3 is 25.2 Å². The fourth-order valence-electron chi connectivity index (χ4n) is 2.71. The SMILES string of the molecule is Cc1nn(-c2ccc(O)c(C(=O)O)c2)c(=O)[c-]1N=Nc1cc(S(=O)(=O)O)cc(S(=O)(=O)O)c1O.[Cu].[Na+].[Na+].[Na+]. The van der Waals surface area contributed by atoms with Crippen molar-refractivity contribution in [3.63, 3.8) is 0 Å². The van der Waals surface area contributed by atoms with Gasteiger partial charge in [-0.3, -0.25) is 9.11 Å². The summed E-state index contributed by atoms with van der Waals surface area (Å²) in [7, 11) is -10.2. The van der Waals surface area contributed by atoms with Gasteiger partial charge >= 0.3 is 94.6 Å². The topological polar surface area (TPSA) is 246 Å². The monoisotopic (exact) mass is 645 g/mol. The first-order valence-electron chi connectivity index (χ1n) is 8.68. The quantitative estimate of drug-likeness (QED) is 0.0726. The Bertz CT molecular complexity index is 1660. The van der Waals surface area contributed by atoms with Crippen molar-refractivity contribution in [3.05, 3.63) is 51.9 Å². The van der Waals surface area contributed by atoms with Crippen molar-refractivity contribution in [2.24, 2.45) is 10.2 Å². The molecule has 0 aliphatic carbocycles. The number of carbonyl (C=O) groups is 1. The van der Waals surface area contributed by atoms with Gasteiger partial charge in [0.05, 0.1) is 10.6 Å². The third kappa shape index (κ3) is 8.73. The zero-order valence-corrected chi connectivity index (χ0v) is 28.6. The van der Waals surface area contributed by atoms with E-state index in [0.29, 0.717) is 6.07 Å². The Morgan fingerprint density at radius 2 is 1.58 bits per heavy atom. The van der Waals surface area contributed by atoms with E-state index in [1.54, 1.807) is 0 Å². The maximum Gasteiger partial charge on any atom is 1.00 e. The maximum absolute atomic E-state index is 12.7. The Hall–Kier alpha value is -0.541. The molecule has 0 fully saturated rings. The summed E-state index contributed by atoms with van der Waals surface area (Å²) in [5, 5.41) is 39.7. The molecular weight excluding hydrogens is 633 g/mol. The van der Waals surface area contributed by atoms with Gasteiger partial charge in [-0.2, -0.15) is 21.9 Å². The standard InChI is InChI=1S/C17H13N4O11S2.Cu.3Na/c1-7-14(16(24)21(20-7)8-2-3-12(22)10(4-8)17(25)26)19-18-11-5-9(33(27,28)29)6-13(15(11)23)34(30,31)32;;;;/h2-6,22-23H,1H3,(H,25,26)(H,27,28,29)(H,30,31,32);;;;/q-1;;3*+1. The summed E-state index contributed by atoms with van der Waals surface area (Å²) in [6.45, 7) is 1.31. The Morgan fingerprint density at radius 1 is 1.00 bits per heavy atom. The van der Waals surface area contributed by atoms with Crippen LogP contribution in [0.2, 0.25) is 0 Å². The summed E-state index contributed by atoms with van der Waals surface area (Å²) in [5.74, 6) is -3.25. The van der Waals surface area contributed by atoms with E-state index in [0.717, 1.165) is 16.8 Å².